The van der Waals surface area contributed by atoms with Crippen LogP contribution in [0.25, 0.3) is 6.08 Å². The average Bonchev–Trinajstić information content (AvgIpc) is 2.77. The minimum absolute atomic E-state index is 0.0837. The Bertz CT molecular complexity index is 1100. The van der Waals surface area contributed by atoms with Crippen molar-refractivity contribution in [2.75, 3.05) is 12.4 Å². The van der Waals surface area contributed by atoms with Gasteiger partial charge in [0, 0.05) is 17.3 Å². The highest BCUT2D eigenvalue weighted by Gasteiger charge is 2.12. The van der Waals surface area contributed by atoms with Crippen LogP contribution in [0.2, 0.25) is 0 Å². The molecule has 0 saturated carbocycles. The van der Waals surface area contributed by atoms with E-state index < -0.39 is 5.91 Å². The minimum atomic E-state index is -0.532. The summed E-state index contributed by atoms with van der Waals surface area (Å²) in [6.45, 7) is 0.115. The van der Waals surface area contributed by atoms with Gasteiger partial charge >= 0.3 is 0 Å². The van der Waals surface area contributed by atoms with Crippen LogP contribution in [0.3, 0.4) is 0 Å². The number of para-hydroxylation sites is 1. The topological polar surface area (TPSA) is 71.3 Å². The Hall–Kier alpha value is -4.11. The molecule has 3 rings (SSSR count). The van der Waals surface area contributed by atoms with Crippen LogP contribution in [0, 0.1) is 17.1 Å². The maximum atomic E-state index is 13.4. The summed E-state index contributed by atoms with van der Waals surface area (Å²) < 4.78 is 24.5. The molecule has 0 atom stereocenters. The molecule has 30 heavy (non-hydrogen) atoms. The SMILES string of the molecule is COc1ccc(/C=C(\C#N)C(=O)Nc2ccccc2)c(OCc2cccc(F)c2)c1. The molecule has 6 heteroatoms. The lowest BCUT2D eigenvalue weighted by Crippen LogP contribution is -2.13. The van der Waals surface area contributed by atoms with E-state index in [1.807, 2.05) is 12.1 Å². The summed E-state index contributed by atoms with van der Waals surface area (Å²) in [5.41, 5.74) is 1.67. The number of benzene rings is 3. The number of methoxy groups -OCH3 is 1. The molecule has 0 aliphatic carbocycles. The summed E-state index contributed by atoms with van der Waals surface area (Å²) >= 11 is 0. The number of rotatable bonds is 7. The van der Waals surface area contributed by atoms with Gasteiger partial charge in [-0.25, -0.2) is 4.39 Å². The number of hydrogen-bond acceptors (Lipinski definition) is 4. The molecule has 3 aromatic carbocycles. The second kappa shape index (κ2) is 9.89. The van der Waals surface area contributed by atoms with Crippen LogP contribution in [0.1, 0.15) is 11.1 Å². The highest BCUT2D eigenvalue weighted by molar-refractivity contribution is 6.09. The third-order valence-electron chi connectivity index (χ3n) is 4.20. The molecule has 0 aliphatic heterocycles. The monoisotopic (exact) mass is 402 g/mol. The van der Waals surface area contributed by atoms with Crippen molar-refractivity contribution in [1.29, 1.82) is 5.26 Å². The van der Waals surface area contributed by atoms with E-state index in [1.165, 1.54) is 25.3 Å². The first-order valence-electron chi connectivity index (χ1n) is 9.12. The molecule has 0 unspecified atom stereocenters. The van der Waals surface area contributed by atoms with Gasteiger partial charge in [0.1, 0.15) is 35.6 Å². The van der Waals surface area contributed by atoms with Crippen LogP contribution in [0.4, 0.5) is 10.1 Å². The summed E-state index contributed by atoms with van der Waals surface area (Å²) in [6.07, 6.45) is 1.44. The van der Waals surface area contributed by atoms with Gasteiger partial charge in [0.05, 0.1) is 7.11 Å². The first kappa shape index (κ1) is 20.6. The van der Waals surface area contributed by atoms with E-state index in [2.05, 4.69) is 5.32 Å². The molecule has 0 fully saturated rings. The Morgan fingerprint density at radius 2 is 1.90 bits per heavy atom. The van der Waals surface area contributed by atoms with Crippen molar-refractivity contribution < 1.29 is 18.7 Å². The lowest BCUT2D eigenvalue weighted by molar-refractivity contribution is -0.112. The van der Waals surface area contributed by atoms with Crippen LogP contribution in [0.15, 0.2) is 78.4 Å². The smallest absolute Gasteiger partial charge is 0.266 e. The average molecular weight is 402 g/mol. The van der Waals surface area contributed by atoms with Crippen molar-refractivity contribution >= 4 is 17.7 Å². The van der Waals surface area contributed by atoms with Crippen LogP contribution < -0.4 is 14.8 Å². The number of nitriles is 1. The van der Waals surface area contributed by atoms with Crippen molar-refractivity contribution in [3.05, 3.63) is 95.3 Å². The van der Waals surface area contributed by atoms with Gasteiger partial charge in [-0.3, -0.25) is 4.79 Å². The van der Waals surface area contributed by atoms with E-state index in [0.717, 1.165) is 0 Å². The van der Waals surface area contributed by atoms with E-state index in [0.29, 0.717) is 28.3 Å². The molecule has 0 radical (unpaired) electrons. The van der Waals surface area contributed by atoms with Gasteiger partial charge in [-0.1, -0.05) is 30.3 Å². The highest BCUT2D eigenvalue weighted by Crippen LogP contribution is 2.28. The first-order valence-corrected chi connectivity index (χ1v) is 9.12. The number of carbonyl (C=O) groups is 1. The number of nitrogens with one attached hydrogen (secondary N) is 1. The second-order valence-electron chi connectivity index (χ2n) is 6.31. The van der Waals surface area contributed by atoms with Crippen molar-refractivity contribution in [1.82, 2.24) is 0 Å². The van der Waals surface area contributed by atoms with Crippen LogP contribution in [-0.4, -0.2) is 13.0 Å². The van der Waals surface area contributed by atoms with Gasteiger partial charge < -0.3 is 14.8 Å². The third kappa shape index (κ3) is 5.46. The van der Waals surface area contributed by atoms with E-state index >= 15 is 0 Å². The van der Waals surface area contributed by atoms with Crippen molar-refractivity contribution in [2.24, 2.45) is 0 Å². The summed E-state index contributed by atoms with van der Waals surface area (Å²) in [4.78, 5) is 12.5. The lowest BCUT2D eigenvalue weighted by atomic mass is 10.1. The van der Waals surface area contributed by atoms with Gasteiger partial charge in [0.25, 0.3) is 5.91 Å². The number of hydrogen-bond donors (Lipinski definition) is 1. The third-order valence-corrected chi connectivity index (χ3v) is 4.20. The van der Waals surface area contributed by atoms with Crippen molar-refractivity contribution in [3.63, 3.8) is 0 Å². The van der Waals surface area contributed by atoms with Crippen LogP contribution in [-0.2, 0) is 11.4 Å². The van der Waals surface area contributed by atoms with Gasteiger partial charge in [0.15, 0.2) is 0 Å². The normalized spacial score (nSPS) is 10.8. The fourth-order valence-corrected chi connectivity index (χ4v) is 2.70. The number of amides is 1. The molecular weight excluding hydrogens is 383 g/mol. The number of carbonyl (C=O) groups excluding carboxylic acids is 1. The highest BCUT2D eigenvalue weighted by atomic mass is 19.1. The number of halogens is 1. The predicted molar refractivity (Wildman–Crippen MR) is 112 cm³/mol. The molecule has 0 spiro atoms. The zero-order chi connectivity index (χ0) is 21.3. The molecule has 150 valence electrons. The molecule has 0 aliphatic rings. The lowest BCUT2D eigenvalue weighted by Gasteiger charge is -2.12. The van der Waals surface area contributed by atoms with Crippen molar-refractivity contribution in [2.45, 2.75) is 6.61 Å². The van der Waals surface area contributed by atoms with Crippen molar-refractivity contribution in [3.8, 4) is 17.6 Å². The Labute approximate surface area is 174 Å². The summed E-state index contributed by atoms with van der Waals surface area (Å²) in [5.74, 6) is 0.0642. The quantitative estimate of drug-likeness (QED) is 0.448. The molecular formula is C24H19FN2O3. The van der Waals surface area contributed by atoms with Gasteiger partial charge in [-0.2, -0.15) is 5.26 Å². The minimum Gasteiger partial charge on any atom is -0.497 e. The summed E-state index contributed by atoms with van der Waals surface area (Å²) in [7, 11) is 1.52. The molecule has 5 nitrogen and oxygen atoms in total. The molecule has 3 aromatic rings. The van der Waals surface area contributed by atoms with E-state index in [-0.39, 0.29) is 18.0 Å². The van der Waals surface area contributed by atoms with Crippen LogP contribution in [0.5, 0.6) is 11.5 Å². The number of ether oxygens (including phenoxy) is 2. The maximum Gasteiger partial charge on any atom is 0.266 e. The number of nitrogens with zero attached hydrogens (tertiary/aromatic N) is 1. The Morgan fingerprint density at radius 3 is 2.60 bits per heavy atom. The zero-order valence-corrected chi connectivity index (χ0v) is 16.3. The first-order chi connectivity index (χ1) is 14.6. The zero-order valence-electron chi connectivity index (χ0n) is 16.3. The van der Waals surface area contributed by atoms with Gasteiger partial charge in [-0.15, -0.1) is 0 Å². The van der Waals surface area contributed by atoms with E-state index in [9.17, 15) is 14.4 Å². The second-order valence-corrected chi connectivity index (χ2v) is 6.31. The molecule has 0 aromatic heterocycles. The van der Waals surface area contributed by atoms with Gasteiger partial charge in [-0.05, 0) is 48.0 Å². The molecule has 0 heterocycles. The Balaban J connectivity index is 1.85. The summed E-state index contributed by atoms with van der Waals surface area (Å²) in [5, 5.41) is 12.2. The largest absolute Gasteiger partial charge is 0.497 e. The van der Waals surface area contributed by atoms with E-state index in [1.54, 1.807) is 54.6 Å². The fraction of sp³-hybridized carbons (Fsp3) is 0.0833. The molecule has 0 bridgehead atoms. The molecule has 1 amide bonds. The van der Waals surface area contributed by atoms with E-state index in [4.69, 9.17) is 9.47 Å². The standard InChI is InChI=1S/C24H19FN2O3/c1-29-22-11-10-18(23(14-22)30-16-17-6-5-7-20(25)12-17)13-19(15-26)24(28)27-21-8-3-2-4-9-21/h2-14H,16H2,1H3,(H,27,28)/b19-13+. The molecule has 0 saturated heterocycles. The van der Waals surface area contributed by atoms with Crippen LogP contribution >= 0.6 is 0 Å². The molecule has 1 N–H and O–H groups in total. The fourth-order valence-electron chi connectivity index (χ4n) is 2.70. The summed E-state index contributed by atoms with van der Waals surface area (Å²) in [6, 6.07) is 21.9. The maximum absolute atomic E-state index is 13.4. The number of anilines is 1. The van der Waals surface area contributed by atoms with Gasteiger partial charge in [0.2, 0.25) is 0 Å². The Morgan fingerprint density at radius 1 is 1.10 bits per heavy atom. The predicted octanol–water partition coefficient (Wildman–Crippen LogP) is 4.96. The Kier molecular flexibility index (Phi) is 6.80.